The van der Waals surface area contributed by atoms with Gasteiger partial charge in [-0.25, -0.2) is 4.98 Å². The smallest absolute Gasteiger partial charge is 0.174 e. The SMILES string of the molecule is [Ir].[c-]1ccc2ocnc2c1-c1ncno1. The zero-order valence-electron chi connectivity index (χ0n) is 7.30. The molecule has 0 aliphatic carbocycles. The number of hydrogen-bond acceptors (Lipinski definition) is 5. The van der Waals surface area contributed by atoms with Crippen LogP contribution in [-0.2, 0) is 20.1 Å². The van der Waals surface area contributed by atoms with Crippen molar-refractivity contribution in [2.45, 2.75) is 0 Å². The summed E-state index contributed by atoms with van der Waals surface area (Å²) in [6, 6.07) is 6.49. The fourth-order valence-electron chi connectivity index (χ4n) is 1.28. The summed E-state index contributed by atoms with van der Waals surface area (Å²) < 4.78 is 10.1. The Balaban J connectivity index is 0.000000853. The fraction of sp³-hybridized carbons (Fsp3) is 0. The summed E-state index contributed by atoms with van der Waals surface area (Å²) in [6.07, 6.45) is 2.71. The molecule has 1 aromatic carbocycles. The molecule has 0 bridgehead atoms. The van der Waals surface area contributed by atoms with Crippen LogP contribution in [0.5, 0.6) is 0 Å². The first-order valence-corrected chi connectivity index (χ1v) is 3.96. The van der Waals surface area contributed by atoms with Crippen molar-refractivity contribution in [1.29, 1.82) is 0 Å². The van der Waals surface area contributed by atoms with Crippen molar-refractivity contribution in [3.63, 3.8) is 0 Å². The van der Waals surface area contributed by atoms with Gasteiger partial charge in [0.05, 0.1) is 5.58 Å². The third kappa shape index (κ3) is 1.58. The van der Waals surface area contributed by atoms with Gasteiger partial charge in [-0.1, -0.05) is 16.8 Å². The molecule has 15 heavy (non-hydrogen) atoms. The van der Waals surface area contributed by atoms with E-state index in [4.69, 9.17) is 8.94 Å². The third-order valence-electron chi connectivity index (χ3n) is 1.87. The van der Waals surface area contributed by atoms with Crippen LogP contribution >= 0.6 is 0 Å². The van der Waals surface area contributed by atoms with Gasteiger partial charge >= 0.3 is 0 Å². The van der Waals surface area contributed by atoms with E-state index in [-0.39, 0.29) is 20.1 Å². The van der Waals surface area contributed by atoms with E-state index >= 15 is 0 Å². The van der Waals surface area contributed by atoms with Crippen molar-refractivity contribution in [1.82, 2.24) is 15.1 Å². The molecule has 0 aliphatic rings. The molecule has 0 spiro atoms. The van der Waals surface area contributed by atoms with E-state index in [9.17, 15) is 0 Å². The zero-order chi connectivity index (χ0) is 9.38. The molecule has 1 radical (unpaired) electrons. The minimum absolute atomic E-state index is 0. The third-order valence-corrected chi connectivity index (χ3v) is 1.87. The first kappa shape index (κ1) is 10.0. The Hall–Kier alpha value is -1.52. The van der Waals surface area contributed by atoms with E-state index in [0.717, 1.165) is 0 Å². The topological polar surface area (TPSA) is 65.0 Å². The van der Waals surface area contributed by atoms with Gasteiger partial charge in [0.25, 0.3) is 0 Å². The Bertz CT molecular complexity index is 562. The van der Waals surface area contributed by atoms with Crippen molar-refractivity contribution in [2.24, 2.45) is 0 Å². The Morgan fingerprint density at radius 3 is 3.00 bits per heavy atom. The van der Waals surface area contributed by atoms with E-state index in [1.165, 1.54) is 12.7 Å². The minimum atomic E-state index is 0. The second kappa shape index (κ2) is 3.92. The van der Waals surface area contributed by atoms with Crippen LogP contribution in [0.1, 0.15) is 0 Å². The molecule has 2 heterocycles. The molecule has 3 rings (SSSR count). The molecule has 0 aliphatic heterocycles. The van der Waals surface area contributed by atoms with Gasteiger partial charge in [0.1, 0.15) is 6.33 Å². The van der Waals surface area contributed by atoms with Gasteiger partial charge < -0.3 is 8.94 Å². The first-order chi connectivity index (χ1) is 6.95. The van der Waals surface area contributed by atoms with Crippen LogP contribution in [0.15, 0.2) is 33.8 Å². The second-order valence-electron chi connectivity index (χ2n) is 2.66. The molecule has 0 saturated carbocycles. The van der Waals surface area contributed by atoms with Crippen LogP contribution in [0.2, 0.25) is 0 Å². The van der Waals surface area contributed by atoms with Gasteiger partial charge in [-0.2, -0.15) is 0 Å². The summed E-state index contributed by atoms with van der Waals surface area (Å²) in [5, 5.41) is 3.53. The number of benzene rings is 1. The molecule has 2 aromatic heterocycles. The van der Waals surface area contributed by atoms with Crippen LogP contribution in [0.25, 0.3) is 22.6 Å². The normalized spacial score (nSPS) is 10.1. The van der Waals surface area contributed by atoms with Crippen molar-refractivity contribution >= 4 is 11.1 Å². The molecule has 5 nitrogen and oxygen atoms in total. The van der Waals surface area contributed by atoms with Crippen molar-refractivity contribution in [3.05, 3.63) is 30.9 Å². The van der Waals surface area contributed by atoms with Crippen molar-refractivity contribution < 1.29 is 29.0 Å². The number of aromatic nitrogens is 3. The molecule has 0 N–H and O–H groups in total. The van der Waals surface area contributed by atoms with E-state index in [2.05, 4.69) is 21.2 Å². The molecule has 0 atom stereocenters. The summed E-state index contributed by atoms with van der Waals surface area (Å²) in [7, 11) is 0. The summed E-state index contributed by atoms with van der Waals surface area (Å²) in [5.74, 6) is 0.393. The van der Waals surface area contributed by atoms with E-state index in [0.29, 0.717) is 22.6 Å². The molecule has 6 heteroatoms. The maximum Gasteiger partial charge on any atom is 0.174 e. The number of oxazole rings is 1. The standard InChI is InChI=1S/C9H4N3O2.Ir/c1-2-6(9-10-4-12-14-9)8-7(3-1)13-5-11-8;/h1,3-5H;/q-1;. The van der Waals surface area contributed by atoms with Crippen molar-refractivity contribution in [2.75, 3.05) is 0 Å². The van der Waals surface area contributed by atoms with Crippen LogP contribution in [0.4, 0.5) is 0 Å². The van der Waals surface area contributed by atoms with Gasteiger partial charge in [-0.15, -0.1) is 12.1 Å². The van der Waals surface area contributed by atoms with Crippen LogP contribution < -0.4 is 0 Å². The quantitative estimate of drug-likeness (QED) is 0.603. The monoisotopic (exact) mass is 379 g/mol. The Kier molecular flexibility index (Phi) is 2.62. The summed E-state index contributed by atoms with van der Waals surface area (Å²) in [4.78, 5) is 7.97. The van der Waals surface area contributed by atoms with E-state index in [1.54, 1.807) is 12.1 Å². The average molecular weight is 378 g/mol. The molecule has 77 valence electrons. The maximum absolute atomic E-state index is 5.14. The Morgan fingerprint density at radius 2 is 2.20 bits per heavy atom. The van der Waals surface area contributed by atoms with Gasteiger partial charge in [0, 0.05) is 25.6 Å². The molecule has 0 saturated heterocycles. The van der Waals surface area contributed by atoms with Gasteiger partial charge in [-0.3, -0.25) is 4.98 Å². The van der Waals surface area contributed by atoms with Gasteiger partial charge in [-0.05, 0) is 0 Å². The number of nitrogens with zero attached hydrogens (tertiary/aromatic N) is 3. The largest absolute Gasteiger partial charge is 0.464 e. The van der Waals surface area contributed by atoms with Crippen LogP contribution in [-0.4, -0.2) is 15.1 Å². The molecule has 0 fully saturated rings. The molecular formula is C9H4IrN3O2-. The number of hydrogen-bond donors (Lipinski definition) is 0. The second-order valence-corrected chi connectivity index (χ2v) is 2.66. The fourth-order valence-corrected chi connectivity index (χ4v) is 1.28. The van der Waals surface area contributed by atoms with E-state index in [1.807, 2.05) is 0 Å². The van der Waals surface area contributed by atoms with Gasteiger partial charge in [0.2, 0.25) is 0 Å². The summed E-state index contributed by atoms with van der Waals surface area (Å²) in [5.41, 5.74) is 2.02. The molecule has 0 amide bonds. The van der Waals surface area contributed by atoms with E-state index < -0.39 is 0 Å². The van der Waals surface area contributed by atoms with Gasteiger partial charge in [0.15, 0.2) is 12.3 Å². The van der Waals surface area contributed by atoms with Crippen LogP contribution in [0.3, 0.4) is 0 Å². The maximum atomic E-state index is 5.14. The average Bonchev–Trinajstić information content (AvgIpc) is 2.88. The molecule has 0 unspecified atom stereocenters. The summed E-state index contributed by atoms with van der Waals surface area (Å²) in [6.45, 7) is 0. The first-order valence-electron chi connectivity index (χ1n) is 3.96. The number of rotatable bonds is 1. The predicted octanol–water partition coefficient (Wildman–Crippen LogP) is 1.68. The molecular weight excluding hydrogens is 374 g/mol. The Morgan fingerprint density at radius 1 is 1.27 bits per heavy atom. The minimum Gasteiger partial charge on any atom is -0.464 e. The predicted molar refractivity (Wildman–Crippen MR) is 46.1 cm³/mol. The molecule has 3 aromatic rings. The Labute approximate surface area is 97.8 Å². The number of fused-ring (bicyclic) bond motifs is 1. The summed E-state index contributed by atoms with van der Waals surface area (Å²) >= 11 is 0. The zero-order valence-corrected chi connectivity index (χ0v) is 9.70. The van der Waals surface area contributed by atoms with Crippen molar-refractivity contribution in [3.8, 4) is 11.5 Å². The van der Waals surface area contributed by atoms with Crippen LogP contribution in [0, 0.1) is 6.07 Å².